The highest BCUT2D eigenvalue weighted by molar-refractivity contribution is 7.26. The predicted molar refractivity (Wildman–Crippen MR) is 245 cm³/mol. The maximum atomic E-state index is 2.51. The lowest BCUT2D eigenvalue weighted by Gasteiger charge is -2.32. The van der Waals surface area contributed by atoms with Gasteiger partial charge in [-0.25, -0.2) is 0 Å². The third kappa shape index (κ3) is 5.29. The van der Waals surface area contributed by atoms with Gasteiger partial charge >= 0.3 is 0 Å². The summed E-state index contributed by atoms with van der Waals surface area (Å²) in [4.78, 5) is 2.51. The van der Waals surface area contributed by atoms with Crippen LogP contribution in [0, 0.1) is 0 Å². The van der Waals surface area contributed by atoms with Crippen molar-refractivity contribution in [2.45, 2.75) is 19.3 Å². The SMILES string of the molecule is CC1(C)c2ccccc2-c2c(-c3ccccc3)c(N(c3ccc(-c4ccccc4)cc3)c3ccc(-c4cccc5c4sc4ccccc45)cc3)c3ccccc3c21. The van der Waals surface area contributed by atoms with Crippen molar-refractivity contribution in [3.63, 3.8) is 0 Å². The third-order valence-electron chi connectivity index (χ3n) is 12.0. The Morgan fingerprint density at radius 1 is 0.386 bits per heavy atom. The average molecular weight is 746 g/mol. The molecule has 0 bridgehead atoms. The maximum absolute atomic E-state index is 2.51. The Labute approximate surface area is 337 Å². The number of benzene rings is 9. The van der Waals surface area contributed by atoms with Gasteiger partial charge in [0, 0.05) is 47.9 Å². The summed E-state index contributed by atoms with van der Waals surface area (Å²) >= 11 is 1.88. The minimum absolute atomic E-state index is 0.176. The van der Waals surface area contributed by atoms with Crippen LogP contribution in [0.15, 0.2) is 200 Å². The number of anilines is 3. The minimum Gasteiger partial charge on any atom is -0.309 e. The van der Waals surface area contributed by atoms with Gasteiger partial charge in [0.2, 0.25) is 0 Å². The fraction of sp³-hybridized carbons (Fsp3) is 0.0545. The molecule has 1 heterocycles. The number of hydrogen-bond donors (Lipinski definition) is 0. The first-order valence-corrected chi connectivity index (χ1v) is 20.6. The predicted octanol–water partition coefficient (Wildman–Crippen LogP) is 16.0. The third-order valence-corrected chi connectivity index (χ3v) is 13.3. The molecule has 0 unspecified atom stereocenters. The summed E-state index contributed by atoms with van der Waals surface area (Å²) in [6.07, 6.45) is 0. The topological polar surface area (TPSA) is 3.24 Å². The molecule has 0 aliphatic heterocycles. The Bertz CT molecular complexity index is 3120. The maximum Gasteiger partial charge on any atom is 0.0624 e. The van der Waals surface area contributed by atoms with Crippen molar-refractivity contribution < 1.29 is 0 Å². The van der Waals surface area contributed by atoms with Crippen LogP contribution in [0.25, 0.3) is 75.5 Å². The molecule has 0 amide bonds. The van der Waals surface area contributed by atoms with E-state index in [1.54, 1.807) is 0 Å². The summed E-state index contributed by atoms with van der Waals surface area (Å²) < 4.78 is 2.65. The zero-order chi connectivity index (χ0) is 38.1. The van der Waals surface area contributed by atoms with Gasteiger partial charge in [-0.05, 0) is 85.8 Å². The lowest BCUT2D eigenvalue weighted by atomic mass is 9.78. The summed E-state index contributed by atoms with van der Waals surface area (Å²) in [5.41, 5.74) is 16.0. The van der Waals surface area contributed by atoms with Crippen molar-refractivity contribution in [3.8, 4) is 44.5 Å². The lowest BCUT2D eigenvalue weighted by molar-refractivity contribution is 0.666. The smallest absolute Gasteiger partial charge is 0.0624 e. The van der Waals surface area contributed by atoms with Crippen LogP contribution in [-0.2, 0) is 5.41 Å². The summed E-state index contributed by atoms with van der Waals surface area (Å²) in [5.74, 6) is 0. The average Bonchev–Trinajstić information content (AvgIpc) is 3.77. The Morgan fingerprint density at radius 3 is 1.63 bits per heavy atom. The molecule has 9 aromatic carbocycles. The standard InChI is InChI=1S/C55H39NS/c1-55(2)48-26-13-11-23-47(48)51-50(39-18-7-4-8-19-39)53(45-22-10-9-21-44(45)52(51)55)56(40-32-28-37(29-33-40)36-16-5-3-6-17-36)41-34-30-38(31-35-41)42-24-15-25-46-43-20-12-14-27-49(43)57-54(42)46/h3-35H,1-2H3. The molecule has 0 saturated carbocycles. The van der Waals surface area contributed by atoms with E-state index in [9.17, 15) is 0 Å². The molecule has 270 valence electrons. The fourth-order valence-electron chi connectivity index (χ4n) is 9.44. The van der Waals surface area contributed by atoms with E-state index in [4.69, 9.17) is 0 Å². The van der Waals surface area contributed by atoms with Crippen LogP contribution in [0.5, 0.6) is 0 Å². The highest BCUT2D eigenvalue weighted by atomic mass is 32.1. The summed E-state index contributed by atoms with van der Waals surface area (Å²) in [5, 5.41) is 5.17. The second-order valence-corrected chi connectivity index (χ2v) is 16.7. The Morgan fingerprint density at radius 2 is 0.912 bits per heavy atom. The molecule has 0 spiro atoms. The van der Waals surface area contributed by atoms with Crippen LogP contribution in [0.2, 0.25) is 0 Å². The van der Waals surface area contributed by atoms with Gasteiger partial charge in [0.05, 0.1) is 5.69 Å². The molecule has 11 rings (SSSR count). The molecule has 0 radical (unpaired) electrons. The largest absolute Gasteiger partial charge is 0.309 e. The molecule has 0 atom stereocenters. The Kier molecular flexibility index (Phi) is 7.77. The van der Waals surface area contributed by atoms with E-state index in [1.165, 1.54) is 92.3 Å². The molecule has 10 aromatic rings. The van der Waals surface area contributed by atoms with Crippen LogP contribution in [0.1, 0.15) is 25.0 Å². The van der Waals surface area contributed by atoms with E-state index in [0.29, 0.717) is 0 Å². The second kappa shape index (κ2) is 13.2. The van der Waals surface area contributed by atoms with Crippen molar-refractivity contribution in [1.82, 2.24) is 0 Å². The van der Waals surface area contributed by atoms with Crippen LogP contribution < -0.4 is 4.90 Å². The van der Waals surface area contributed by atoms with Crippen LogP contribution in [0.3, 0.4) is 0 Å². The summed E-state index contributed by atoms with van der Waals surface area (Å²) in [6.45, 7) is 4.79. The van der Waals surface area contributed by atoms with Gasteiger partial charge in [-0.2, -0.15) is 0 Å². The van der Waals surface area contributed by atoms with Crippen molar-refractivity contribution >= 4 is 59.3 Å². The van der Waals surface area contributed by atoms with E-state index in [1.807, 2.05) is 11.3 Å². The quantitative estimate of drug-likeness (QED) is 0.164. The van der Waals surface area contributed by atoms with E-state index in [0.717, 1.165) is 11.4 Å². The number of hydrogen-bond acceptors (Lipinski definition) is 2. The highest BCUT2D eigenvalue weighted by Crippen LogP contribution is 2.59. The van der Waals surface area contributed by atoms with Crippen LogP contribution >= 0.6 is 11.3 Å². The van der Waals surface area contributed by atoms with Gasteiger partial charge < -0.3 is 4.90 Å². The Hall–Kier alpha value is -6.74. The lowest BCUT2D eigenvalue weighted by Crippen LogP contribution is -2.17. The molecule has 1 nitrogen and oxygen atoms in total. The number of rotatable bonds is 6. The summed E-state index contributed by atoms with van der Waals surface area (Å²) in [6, 6.07) is 73.7. The normalized spacial score (nSPS) is 12.9. The molecule has 1 aromatic heterocycles. The van der Waals surface area contributed by atoms with E-state index >= 15 is 0 Å². The Balaban J connectivity index is 1.19. The first-order chi connectivity index (χ1) is 28.1. The highest BCUT2D eigenvalue weighted by Gasteiger charge is 2.40. The van der Waals surface area contributed by atoms with Gasteiger partial charge in [0.25, 0.3) is 0 Å². The fourth-order valence-corrected chi connectivity index (χ4v) is 10.7. The summed E-state index contributed by atoms with van der Waals surface area (Å²) in [7, 11) is 0. The molecule has 0 N–H and O–H groups in total. The second-order valence-electron chi connectivity index (χ2n) is 15.6. The molecular weight excluding hydrogens is 707 g/mol. The van der Waals surface area contributed by atoms with Crippen LogP contribution in [0.4, 0.5) is 17.1 Å². The van der Waals surface area contributed by atoms with Gasteiger partial charge in [-0.15, -0.1) is 11.3 Å². The first-order valence-electron chi connectivity index (χ1n) is 19.8. The molecule has 1 aliphatic carbocycles. The number of nitrogens with zero attached hydrogens (tertiary/aromatic N) is 1. The van der Waals surface area contributed by atoms with Crippen molar-refractivity contribution in [3.05, 3.63) is 211 Å². The molecular formula is C55H39NS. The van der Waals surface area contributed by atoms with E-state index in [-0.39, 0.29) is 5.41 Å². The van der Waals surface area contributed by atoms with Crippen molar-refractivity contribution in [2.24, 2.45) is 0 Å². The monoisotopic (exact) mass is 745 g/mol. The van der Waals surface area contributed by atoms with Gasteiger partial charge in [0.15, 0.2) is 0 Å². The molecule has 57 heavy (non-hydrogen) atoms. The molecule has 1 aliphatic rings. The number of thiophene rings is 1. The van der Waals surface area contributed by atoms with E-state index < -0.39 is 0 Å². The molecule has 0 saturated heterocycles. The van der Waals surface area contributed by atoms with Gasteiger partial charge in [0.1, 0.15) is 0 Å². The van der Waals surface area contributed by atoms with Crippen molar-refractivity contribution in [2.75, 3.05) is 4.90 Å². The molecule has 0 fully saturated rings. The van der Waals surface area contributed by atoms with Gasteiger partial charge in [-0.1, -0.05) is 184 Å². The van der Waals surface area contributed by atoms with E-state index in [2.05, 4.69) is 219 Å². The van der Waals surface area contributed by atoms with Crippen LogP contribution in [-0.4, -0.2) is 0 Å². The number of fused-ring (bicyclic) bond motifs is 8. The zero-order valence-corrected chi connectivity index (χ0v) is 32.7. The van der Waals surface area contributed by atoms with Crippen molar-refractivity contribution in [1.29, 1.82) is 0 Å². The first kappa shape index (κ1) is 33.6. The zero-order valence-electron chi connectivity index (χ0n) is 31.9. The molecule has 2 heteroatoms. The minimum atomic E-state index is -0.176. The van der Waals surface area contributed by atoms with Gasteiger partial charge in [-0.3, -0.25) is 0 Å².